The lowest BCUT2D eigenvalue weighted by Gasteiger charge is -2.12. The molecule has 0 heterocycles. The summed E-state index contributed by atoms with van der Waals surface area (Å²) in [5.41, 5.74) is 0.876. The Morgan fingerprint density at radius 1 is 1.32 bits per heavy atom. The van der Waals surface area contributed by atoms with Crippen molar-refractivity contribution in [2.45, 2.75) is 12.5 Å². The summed E-state index contributed by atoms with van der Waals surface area (Å²) in [6, 6.07) is 7.42. The summed E-state index contributed by atoms with van der Waals surface area (Å²) < 4.78 is 10.4. The van der Waals surface area contributed by atoms with Gasteiger partial charge < -0.3 is 19.9 Å². The zero-order valence-corrected chi connectivity index (χ0v) is 11.5. The van der Waals surface area contributed by atoms with Crippen LogP contribution in [-0.2, 0) is 4.74 Å². The van der Waals surface area contributed by atoms with Crippen molar-refractivity contribution in [1.82, 2.24) is 5.32 Å². The Hall–Kier alpha value is -1.36. The first kappa shape index (κ1) is 15.7. The number of benzene rings is 1. The second kappa shape index (κ2) is 9.55. The predicted molar refractivity (Wildman–Crippen MR) is 76.5 cm³/mol. The highest BCUT2D eigenvalue weighted by atomic mass is 16.5. The highest BCUT2D eigenvalue weighted by Gasteiger charge is 2.06. The summed E-state index contributed by atoms with van der Waals surface area (Å²) in [4.78, 5) is 0. The standard InChI is InChI=1S/C15H23NO3/c1-3-4-10-19-11-9-16-12-15(17)13-5-7-14(18-2)8-6-13/h3,5-8,15-17H,1,4,9-12H2,2H3. The summed E-state index contributed by atoms with van der Waals surface area (Å²) >= 11 is 0. The van der Waals surface area contributed by atoms with Gasteiger partial charge >= 0.3 is 0 Å². The van der Waals surface area contributed by atoms with Crippen molar-refractivity contribution < 1.29 is 14.6 Å². The molecule has 0 saturated carbocycles. The minimum absolute atomic E-state index is 0.511. The van der Waals surface area contributed by atoms with Crippen molar-refractivity contribution in [3.8, 4) is 5.75 Å². The molecule has 0 radical (unpaired) electrons. The van der Waals surface area contributed by atoms with E-state index in [1.54, 1.807) is 7.11 Å². The molecular weight excluding hydrogens is 242 g/mol. The van der Waals surface area contributed by atoms with Gasteiger partial charge in [-0.2, -0.15) is 0 Å². The number of hydrogen-bond acceptors (Lipinski definition) is 4. The Kier molecular flexibility index (Phi) is 7.89. The van der Waals surface area contributed by atoms with Gasteiger partial charge in [-0.3, -0.25) is 0 Å². The van der Waals surface area contributed by atoms with E-state index < -0.39 is 6.10 Å². The third-order valence-electron chi connectivity index (χ3n) is 2.73. The molecule has 1 atom stereocenters. The van der Waals surface area contributed by atoms with E-state index in [9.17, 15) is 5.11 Å². The Morgan fingerprint density at radius 3 is 2.68 bits per heavy atom. The van der Waals surface area contributed by atoms with Crippen molar-refractivity contribution in [1.29, 1.82) is 0 Å². The van der Waals surface area contributed by atoms with Crippen LogP contribution in [0.5, 0.6) is 5.75 Å². The Bertz CT molecular complexity index is 351. The largest absolute Gasteiger partial charge is 0.497 e. The van der Waals surface area contributed by atoms with Gasteiger partial charge in [0, 0.05) is 13.1 Å². The van der Waals surface area contributed by atoms with Crippen LogP contribution in [0.4, 0.5) is 0 Å². The maximum absolute atomic E-state index is 9.97. The zero-order valence-electron chi connectivity index (χ0n) is 11.5. The fraction of sp³-hybridized carbons (Fsp3) is 0.467. The summed E-state index contributed by atoms with van der Waals surface area (Å²) in [5.74, 6) is 0.791. The van der Waals surface area contributed by atoms with Gasteiger partial charge in [-0.25, -0.2) is 0 Å². The predicted octanol–water partition coefficient (Wildman–Crippen LogP) is 1.91. The van der Waals surface area contributed by atoms with Crippen LogP contribution in [0.25, 0.3) is 0 Å². The number of methoxy groups -OCH3 is 1. The second-order valence-electron chi connectivity index (χ2n) is 4.18. The summed E-state index contributed by atoms with van der Waals surface area (Å²) in [6.45, 7) is 6.21. The van der Waals surface area contributed by atoms with Crippen LogP contribution in [0.2, 0.25) is 0 Å². The molecule has 0 bridgehead atoms. The number of ether oxygens (including phenoxy) is 2. The van der Waals surface area contributed by atoms with E-state index >= 15 is 0 Å². The smallest absolute Gasteiger partial charge is 0.118 e. The van der Waals surface area contributed by atoms with Crippen LogP contribution in [0, 0.1) is 0 Å². The van der Waals surface area contributed by atoms with Gasteiger partial charge in [0.1, 0.15) is 5.75 Å². The Labute approximate surface area is 115 Å². The van der Waals surface area contributed by atoms with Crippen LogP contribution in [0.15, 0.2) is 36.9 Å². The van der Waals surface area contributed by atoms with E-state index in [0.29, 0.717) is 19.8 Å². The van der Waals surface area contributed by atoms with Crippen LogP contribution >= 0.6 is 0 Å². The summed E-state index contributed by atoms with van der Waals surface area (Å²) in [5, 5.41) is 13.1. The lowest BCUT2D eigenvalue weighted by molar-refractivity contribution is 0.131. The maximum Gasteiger partial charge on any atom is 0.118 e. The lowest BCUT2D eigenvalue weighted by Crippen LogP contribution is -2.25. The third-order valence-corrected chi connectivity index (χ3v) is 2.73. The Morgan fingerprint density at radius 2 is 2.05 bits per heavy atom. The second-order valence-corrected chi connectivity index (χ2v) is 4.18. The molecule has 0 aliphatic heterocycles. The minimum Gasteiger partial charge on any atom is -0.497 e. The molecule has 0 amide bonds. The van der Waals surface area contributed by atoms with E-state index in [1.807, 2.05) is 30.3 Å². The summed E-state index contributed by atoms with van der Waals surface area (Å²) in [7, 11) is 1.62. The maximum atomic E-state index is 9.97. The first-order valence-corrected chi connectivity index (χ1v) is 6.49. The van der Waals surface area contributed by atoms with E-state index in [4.69, 9.17) is 9.47 Å². The molecule has 1 unspecified atom stereocenters. The van der Waals surface area contributed by atoms with Gasteiger partial charge in [-0.15, -0.1) is 6.58 Å². The van der Waals surface area contributed by atoms with Crippen molar-refractivity contribution in [2.75, 3.05) is 33.4 Å². The monoisotopic (exact) mass is 265 g/mol. The van der Waals surface area contributed by atoms with Crippen LogP contribution in [0.1, 0.15) is 18.1 Å². The quantitative estimate of drug-likeness (QED) is 0.501. The first-order valence-electron chi connectivity index (χ1n) is 6.49. The average Bonchev–Trinajstić information content (AvgIpc) is 2.46. The molecule has 2 N–H and O–H groups in total. The lowest BCUT2D eigenvalue weighted by atomic mass is 10.1. The van der Waals surface area contributed by atoms with E-state index in [2.05, 4.69) is 11.9 Å². The molecule has 0 aromatic heterocycles. The fourth-order valence-corrected chi connectivity index (χ4v) is 1.60. The van der Waals surface area contributed by atoms with Crippen molar-refractivity contribution >= 4 is 0 Å². The third kappa shape index (κ3) is 6.38. The number of rotatable bonds is 10. The van der Waals surface area contributed by atoms with E-state index in [-0.39, 0.29) is 0 Å². The van der Waals surface area contributed by atoms with Gasteiger partial charge in [0.2, 0.25) is 0 Å². The van der Waals surface area contributed by atoms with Crippen molar-refractivity contribution in [2.24, 2.45) is 0 Å². The molecule has 4 heteroatoms. The van der Waals surface area contributed by atoms with Gasteiger partial charge in [-0.05, 0) is 24.1 Å². The van der Waals surface area contributed by atoms with Crippen LogP contribution in [-0.4, -0.2) is 38.5 Å². The van der Waals surface area contributed by atoms with Crippen molar-refractivity contribution in [3.05, 3.63) is 42.5 Å². The minimum atomic E-state index is -0.515. The normalized spacial score (nSPS) is 12.1. The van der Waals surface area contributed by atoms with Gasteiger partial charge in [0.25, 0.3) is 0 Å². The number of aliphatic hydroxyl groups is 1. The fourth-order valence-electron chi connectivity index (χ4n) is 1.60. The molecule has 4 nitrogen and oxygen atoms in total. The van der Waals surface area contributed by atoms with Gasteiger partial charge in [-0.1, -0.05) is 18.2 Å². The first-order chi connectivity index (χ1) is 9.27. The molecule has 1 aromatic rings. The van der Waals surface area contributed by atoms with Crippen LogP contribution in [0.3, 0.4) is 0 Å². The average molecular weight is 265 g/mol. The van der Waals surface area contributed by atoms with Crippen molar-refractivity contribution in [3.63, 3.8) is 0 Å². The molecule has 19 heavy (non-hydrogen) atoms. The topological polar surface area (TPSA) is 50.7 Å². The highest BCUT2D eigenvalue weighted by molar-refractivity contribution is 5.28. The van der Waals surface area contributed by atoms with E-state index in [1.165, 1.54) is 0 Å². The molecule has 0 saturated heterocycles. The van der Waals surface area contributed by atoms with Gasteiger partial charge in [0.05, 0.1) is 26.4 Å². The summed E-state index contributed by atoms with van der Waals surface area (Å²) in [6.07, 6.45) is 2.19. The Balaban J connectivity index is 2.16. The molecular formula is C15H23NO3. The van der Waals surface area contributed by atoms with E-state index in [0.717, 1.165) is 24.3 Å². The highest BCUT2D eigenvalue weighted by Crippen LogP contribution is 2.16. The van der Waals surface area contributed by atoms with Crippen LogP contribution < -0.4 is 10.1 Å². The molecule has 106 valence electrons. The molecule has 0 aliphatic rings. The zero-order chi connectivity index (χ0) is 13.9. The molecule has 0 spiro atoms. The number of nitrogens with one attached hydrogen (secondary N) is 1. The number of hydrogen-bond donors (Lipinski definition) is 2. The SMILES string of the molecule is C=CCCOCCNCC(O)c1ccc(OC)cc1. The van der Waals surface area contributed by atoms with Gasteiger partial charge in [0.15, 0.2) is 0 Å². The number of aliphatic hydroxyl groups excluding tert-OH is 1. The molecule has 1 rings (SSSR count). The molecule has 0 aliphatic carbocycles. The molecule has 1 aromatic carbocycles. The molecule has 0 fully saturated rings.